The number of unbranched alkanes of at least 4 members (excludes halogenated alkanes) is 1. The van der Waals surface area contributed by atoms with Gasteiger partial charge in [0.15, 0.2) is 9.84 Å². The highest BCUT2D eigenvalue weighted by Crippen LogP contribution is 2.24. The SMILES string of the molecule is CC(C)CCCC(C)CCC(CCCCC(C)S)S(=O)(=O)CCCCl. The second-order valence-corrected chi connectivity index (χ2v) is 11.8. The number of rotatable bonds is 16. The maximum absolute atomic E-state index is 12.7. The predicted molar refractivity (Wildman–Crippen MR) is 117 cm³/mol. The van der Waals surface area contributed by atoms with Gasteiger partial charge in [0.1, 0.15) is 0 Å². The van der Waals surface area contributed by atoms with Crippen LogP contribution in [0, 0.1) is 11.8 Å². The lowest BCUT2D eigenvalue weighted by Gasteiger charge is -2.20. The minimum atomic E-state index is -3.02. The van der Waals surface area contributed by atoms with Crippen molar-refractivity contribution in [3.8, 4) is 0 Å². The monoisotopic (exact) mass is 412 g/mol. The molecule has 0 heterocycles. The Balaban J connectivity index is 4.46. The molecule has 0 bridgehead atoms. The zero-order valence-corrected chi connectivity index (χ0v) is 19.3. The lowest BCUT2D eigenvalue weighted by atomic mass is 9.94. The maximum Gasteiger partial charge on any atom is 0.153 e. The molecule has 0 N–H and O–H groups in total. The van der Waals surface area contributed by atoms with Crippen LogP contribution in [0.2, 0.25) is 0 Å². The Morgan fingerprint density at radius 1 is 0.800 bits per heavy atom. The highest BCUT2D eigenvalue weighted by Gasteiger charge is 2.25. The summed E-state index contributed by atoms with van der Waals surface area (Å²) in [6.45, 7) is 8.88. The average molecular weight is 413 g/mol. The van der Waals surface area contributed by atoms with Crippen molar-refractivity contribution >= 4 is 34.1 Å². The summed E-state index contributed by atoms with van der Waals surface area (Å²) in [7, 11) is -3.02. The van der Waals surface area contributed by atoms with E-state index in [0.29, 0.717) is 23.5 Å². The van der Waals surface area contributed by atoms with Crippen molar-refractivity contribution in [3.05, 3.63) is 0 Å². The normalized spacial score (nSPS) is 16.1. The molecule has 5 heteroatoms. The summed E-state index contributed by atoms with van der Waals surface area (Å²) < 4.78 is 25.3. The molecule has 0 amide bonds. The molecule has 0 spiro atoms. The number of alkyl halides is 1. The van der Waals surface area contributed by atoms with Gasteiger partial charge in [-0.3, -0.25) is 0 Å². The lowest BCUT2D eigenvalue weighted by molar-refractivity contribution is 0.416. The van der Waals surface area contributed by atoms with E-state index in [4.69, 9.17) is 11.6 Å². The summed E-state index contributed by atoms with van der Waals surface area (Å²) in [6, 6.07) is 0. The van der Waals surface area contributed by atoms with Crippen molar-refractivity contribution in [2.75, 3.05) is 11.6 Å². The van der Waals surface area contributed by atoms with Crippen molar-refractivity contribution in [2.45, 2.75) is 102 Å². The van der Waals surface area contributed by atoms with Crippen molar-refractivity contribution in [1.29, 1.82) is 0 Å². The third-order valence-corrected chi connectivity index (χ3v) is 7.80. The summed E-state index contributed by atoms with van der Waals surface area (Å²) >= 11 is 10.1. The van der Waals surface area contributed by atoms with Gasteiger partial charge in [0, 0.05) is 5.88 Å². The van der Waals surface area contributed by atoms with Crippen LogP contribution >= 0.6 is 24.2 Å². The molecule has 0 rings (SSSR count). The van der Waals surface area contributed by atoms with Crippen molar-refractivity contribution in [3.63, 3.8) is 0 Å². The van der Waals surface area contributed by atoms with Crippen molar-refractivity contribution in [1.82, 2.24) is 0 Å². The summed E-state index contributed by atoms with van der Waals surface area (Å²) in [5, 5.41) is 0.214. The molecule has 0 radical (unpaired) electrons. The summed E-state index contributed by atoms with van der Waals surface area (Å²) in [5.74, 6) is 2.03. The molecule has 2 nitrogen and oxygen atoms in total. The zero-order valence-electron chi connectivity index (χ0n) is 16.8. The van der Waals surface area contributed by atoms with Crippen LogP contribution in [0.4, 0.5) is 0 Å². The largest absolute Gasteiger partial charge is 0.229 e. The number of sulfone groups is 1. The Morgan fingerprint density at radius 3 is 2.00 bits per heavy atom. The van der Waals surface area contributed by atoms with Crippen molar-refractivity contribution < 1.29 is 8.42 Å². The van der Waals surface area contributed by atoms with Crippen LogP contribution in [0.1, 0.15) is 91.9 Å². The van der Waals surface area contributed by atoms with Gasteiger partial charge < -0.3 is 0 Å². The van der Waals surface area contributed by atoms with Crippen LogP contribution in [0.25, 0.3) is 0 Å². The van der Waals surface area contributed by atoms with Crippen molar-refractivity contribution in [2.24, 2.45) is 11.8 Å². The van der Waals surface area contributed by atoms with E-state index in [2.05, 4.69) is 40.3 Å². The summed E-state index contributed by atoms with van der Waals surface area (Å²) in [5.41, 5.74) is 0. The van der Waals surface area contributed by atoms with E-state index in [-0.39, 0.29) is 11.0 Å². The molecule has 0 saturated heterocycles. The van der Waals surface area contributed by atoms with E-state index < -0.39 is 9.84 Å². The van der Waals surface area contributed by atoms with Gasteiger partial charge in [0.05, 0.1) is 11.0 Å². The molecule has 0 aromatic rings. The van der Waals surface area contributed by atoms with Crippen LogP contribution < -0.4 is 0 Å². The smallest absolute Gasteiger partial charge is 0.153 e. The fourth-order valence-electron chi connectivity index (χ4n) is 3.23. The summed E-state index contributed by atoms with van der Waals surface area (Å²) in [6.07, 6.45) is 10.0. The topological polar surface area (TPSA) is 34.1 Å². The number of hydrogen-bond acceptors (Lipinski definition) is 3. The van der Waals surface area contributed by atoms with Gasteiger partial charge in [-0.05, 0) is 49.2 Å². The first-order chi connectivity index (χ1) is 11.7. The van der Waals surface area contributed by atoms with Gasteiger partial charge in [-0.1, -0.05) is 59.8 Å². The van der Waals surface area contributed by atoms with Crippen LogP contribution in [0.15, 0.2) is 0 Å². The fraction of sp³-hybridized carbons (Fsp3) is 1.00. The number of hydrogen-bond donors (Lipinski definition) is 1. The van der Waals surface area contributed by atoms with Gasteiger partial charge >= 0.3 is 0 Å². The van der Waals surface area contributed by atoms with Crippen LogP contribution in [0.5, 0.6) is 0 Å². The molecule has 0 saturated carbocycles. The molecule has 0 aromatic heterocycles. The van der Waals surface area contributed by atoms with Crippen LogP contribution in [-0.4, -0.2) is 30.6 Å². The molecule has 3 atom stereocenters. The molecule has 25 heavy (non-hydrogen) atoms. The van der Waals surface area contributed by atoms with E-state index in [1.165, 1.54) is 19.3 Å². The van der Waals surface area contributed by atoms with E-state index in [0.717, 1.165) is 44.4 Å². The first-order valence-corrected chi connectivity index (χ1v) is 12.9. The Labute approximate surface area is 168 Å². The van der Waals surface area contributed by atoms with Crippen LogP contribution in [-0.2, 0) is 9.84 Å². The molecule has 0 aliphatic heterocycles. The quantitative estimate of drug-likeness (QED) is 0.178. The Bertz CT molecular complexity index is 408. The van der Waals surface area contributed by atoms with E-state index in [9.17, 15) is 8.42 Å². The lowest BCUT2D eigenvalue weighted by Crippen LogP contribution is -2.25. The molecule has 3 unspecified atom stereocenters. The minimum absolute atomic E-state index is 0.182. The number of thiol groups is 1. The fourth-order valence-corrected chi connectivity index (χ4v) is 5.60. The molecule has 0 aliphatic rings. The molecule has 0 aromatic carbocycles. The summed E-state index contributed by atoms with van der Waals surface area (Å²) in [4.78, 5) is 0. The van der Waals surface area contributed by atoms with E-state index in [1.807, 2.05) is 0 Å². The standard InChI is InChI=1S/C20H41ClO2S2/c1-17(2)9-7-10-18(3)13-14-20(12-6-5-11-19(4)24)25(22,23)16-8-15-21/h17-20,24H,5-16H2,1-4H3. The molecule has 0 aliphatic carbocycles. The van der Waals surface area contributed by atoms with E-state index >= 15 is 0 Å². The van der Waals surface area contributed by atoms with Gasteiger partial charge in [0.25, 0.3) is 0 Å². The molecular formula is C20H41ClO2S2. The molecule has 152 valence electrons. The molecular weight excluding hydrogens is 372 g/mol. The maximum atomic E-state index is 12.7. The Kier molecular flexibility index (Phi) is 15.0. The Morgan fingerprint density at radius 2 is 1.44 bits per heavy atom. The van der Waals surface area contributed by atoms with Gasteiger partial charge in [-0.15, -0.1) is 11.6 Å². The first kappa shape index (κ1) is 25.6. The highest BCUT2D eigenvalue weighted by atomic mass is 35.5. The van der Waals surface area contributed by atoms with Gasteiger partial charge in [0.2, 0.25) is 0 Å². The molecule has 0 fully saturated rings. The van der Waals surface area contributed by atoms with Gasteiger partial charge in [-0.2, -0.15) is 12.6 Å². The third-order valence-electron chi connectivity index (χ3n) is 4.93. The van der Waals surface area contributed by atoms with Gasteiger partial charge in [-0.25, -0.2) is 8.42 Å². The van der Waals surface area contributed by atoms with Crippen LogP contribution in [0.3, 0.4) is 0 Å². The average Bonchev–Trinajstić information content (AvgIpc) is 2.51. The Hall–Kier alpha value is 0.590. The number of halogens is 1. The highest BCUT2D eigenvalue weighted by molar-refractivity contribution is 7.92. The second-order valence-electron chi connectivity index (χ2n) is 8.17. The third kappa shape index (κ3) is 14.3. The minimum Gasteiger partial charge on any atom is -0.229 e. The zero-order chi connectivity index (χ0) is 19.3. The predicted octanol–water partition coefficient (Wildman–Crippen LogP) is 6.52. The van der Waals surface area contributed by atoms with E-state index in [1.54, 1.807) is 0 Å². The first-order valence-electron chi connectivity index (χ1n) is 10.1. The second kappa shape index (κ2) is 14.6.